The van der Waals surface area contributed by atoms with Gasteiger partial charge in [0.2, 0.25) is 5.91 Å². The second-order valence-corrected chi connectivity index (χ2v) is 10.5. The molecule has 1 amide bonds. The van der Waals surface area contributed by atoms with E-state index in [1.165, 1.54) is 12.1 Å². The van der Waals surface area contributed by atoms with Crippen molar-refractivity contribution in [3.05, 3.63) is 94.3 Å². The Labute approximate surface area is 212 Å². The minimum absolute atomic E-state index is 0.180. The lowest BCUT2D eigenvalue weighted by Crippen LogP contribution is -2.41. The molecule has 3 aromatic carbocycles. The molecule has 0 saturated heterocycles. The summed E-state index contributed by atoms with van der Waals surface area (Å²) < 4.78 is 19.5. The molecular weight excluding hydrogens is 453 g/mol. The predicted octanol–water partition coefficient (Wildman–Crippen LogP) is 7.50. The molecule has 1 heterocycles. The maximum Gasteiger partial charge on any atom is 0.324 e. The number of hydrogen-bond donors (Lipinski definition) is 1. The summed E-state index contributed by atoms with van der Waals surface area (Å²) in [6, 6.07) is 17.8. The van der Waals surface area contributed by atoms with Crippen LogP contribution in [0.5, 0.6) is 5.75 Å². The number of esters is 1. The summed E-state index contributed by atoms with van der Waals surface area (Å²) in [6.45, 7) is 12.5. The summed E-state index contributed by atoms with van der Waals surface area (Å²) in [5.41, 5.74) is 5.30. The highest BCUT2D eigenvalue weighted by Crippen LogP contribution is 2.44. The summed E-state index contributed by atoms with van der Waals surface area (Å²) in [7, 11) is 0. The van der Waals surface area contributed by atoms with E-state index >= 15 is 0 Å². The van der Waals surface area contributed by atoms with Gasteiger partial charge in [-0.3, -0.25) is 9.59 Å². The monoisotopic (exact) mass is 487 g/mol. The van der Waals surface area contributed by atoms with Crippen molar-refractivity contribution in [1.82, 2.24) is 0 Å². The zero-order chi connectivity index (χ0) is 26.1. The SMILES string of the molecule is CC(C)c1ccc2c(c1)C(c1ccc(F)cc1)C(C(=O)Nc1c(C(C)C)cccc1C(C)C)C(=O)O2. The van der Waals surface area contributed by atoms with Crippen LogP contribution in [0.3, 0.4) is 0 Å². The molecule has 4 rings (SSSR count). The molecule has 188 valence electrons. The van der Waals surface area contributed by atoms with Crippen LogP contribution in [0, 0.1) is 11.7 Å². The number of carbonyl (C=O) groups excluding carboxylic acids is 2. The Kier molecular flexibility index (Phi) is 7.30. The van der Waals surface area contributed by atoms with Crippen molar-refractivity contribution >= 4 is 17.6 Å². The van der Waals surface area contributed by atoms with Gasteiger partial charge >= 0.3 is 5.97 Å². The van der Waals surface area contributed by atoms with E-state index in [-0.39, 0.29) is 23.6 Å². The number of ether oxygens (including phenoxy) is 1. The molecule has 1 aliphatic heterocycles. The first-order valence-corrected chi connectivity index (χ1v) is 12.6. The molecule has 0 bridgehead atoms. The fourth-order valence-electron chi connectivity index (χ4n) is 4.95. The predicted molar refractivity (Wildman–Crippen MR) is 141 cm³/mol. The van der Waals surface area contributed by atoms with Crippen molar-refractivity contribution in [2.75, 3.05) is 5.32 Å². The Morgan fingerprint density at radius 3 is 2.03 bits per heavy atom. The number of amides is 1. The molecule has 1 aliphatic rings. The van der Waals surface area contributed by atoms with Crippen LogP contribution in [0.1, 0.15) is 93.0 Å². The van der Waals surface area contributed by atoms with Gasteiger partial charge in [-0.1, -0.05) is 84.0 Å². The quantitative estimate of drug-likeness (QED) is 0.222. The van der Waals surface area contributed by atoms with E-state index in [2.05, 4.69) is 46.9 Å². The fraction of sp³-hybridized carbons (Fsp3) is 0.355. The van der Waals surface area contributed by atoms with Crippen molar-refractivity contribution in [2.45, 2.75) is 65.2 Å². The van der Waals surface area contributed by atoms with E-state index in [4.69, 9.17) is 4.74 Å². The Hall–Kier alpha value is -3.47. The van der Waals surface area contributed by atoms with Gasteiger partial charge in [-0.2, -0.15) is 0 Å². The second-order valence-electron chi connectivity index (χ2n) is 10.5. The standard InChI is InChI=1S/C31H34FNO3/c1-17(2)21-12-15-26-25(16-21)27(20-10-13-22(32)14-11-20)28(31(35)36-26)30(34)33-29-23(18(3)4)8-7-9-24(29)19(5)6/h7-19,27-28H,1-6H3,(H,33,34). The van der Waals surface area contributed by atoms with Gasteiger partial charge in [-0.05, 0) is 58.2 Å². The summed E-state index contributed by atoms with van der Waals surface area (Å²) in [5, 5.41) is 3.11. The number of rotatable bonds is 6. The van der Waals surface area contributed by atoms with Gasteiger partial charge in [0, 0.05) is 17.2 Å². The maximum absolute atomic E-state index is 13.9. The minimum atomic E-state index is -1.12. The maximum atomic E-state index is 13.9. The molecule has 0 spiro atoms. The van der Waals surface area contributed by atoms with Gasteiger partial charge < -0.3 is 10.1 Å². The fourth-order valence-corrected chi connectivity index (χ4v) is 4.95. The van der Waals surface area contributed by atoms with Gasteiger partial charge in [0.25, 0.3) is 0 Å². The molecule has 0 saturated carbocycles. The number of fused-ring (bicyclic) bond motifs is 1. The minimum Gasteiger partial charge on any atom is -0.426 e. The topological polar surface area (TPSA) is 55.4 Å². The third-order valence-corrected chi connectivity index (χ3v) is 6.97. The largest absolute Gasteiger partial charge is 0.426 e. The van der Waals surface area contributed by atoms with E-state index in [1.807, 2.05) is 30.3 Å². The number of hydrogen-bond acceptors (Lipinski definition) is 3. The molecule has 0 aliphatic carbocycles. The van der Waals surface area contributed by atoms with Gasteiger partial charge in [0.05, 0.1) is 0 Å². The van der Waals surface area contributed by atoms with Gasteiger partial charge in [0.15, 0.2) is 0 Å². The van der Waals surface area contributed by atoms with Crippen LogP contribution < -0.4 is 10.1 Å². The van der Waals surface area contributed by atoms with Crippen LogP contribution in [-0.4, -0.2) is 11.9 Å². The normalized spacial score (nSPS) is 17.3. The number of carbonyl (C=O) groups is 2. The molecule has 36 heavy (non-hydrogen) atoms. The third kappa shape index (κ3) is 4.92. The molecule has 4 nitrogen and oxygen atoms in total. The van der Waals surface area contributed by atoms with Gasteiger partial charge in [-0.15, -0.1) is 0 Å². The lowest BCUT2D eigenvalue weighted by Gasteiger charge is -2.33. The lowest BCUT2D eigenvalue weighted by atomic mass is 9.77. The number of anilines is 1. The molecular formula is C31H34FNO3. The van der Waals surface area contributed by atoms with E-state index in [1.54, 1.807) is 18.2 Å². The van der Waals surface area contributed by atoms with E-state index in [9.17, 15) is 14.0 Å². The van der Waals surface area contributed by atoms with Crippen LogP contribution in [0.4, 0.5) is 10.1 Å². The van der Waals surface area contributed by atoms with E-state index in [0.717, 1.165) is 27.9 Å². The number of halogens is 1. The smallest absolute Gasteiger partial charge is 0.324 e. The van der Waals surface area contributed by atoms with Crippen molar-refractivity contribution in [3.63, 3.8) is 0 Å². The summed E-state index contributed by atoms with van der Waals surface area (Å²) in [4.78, 5) is 27.3. The molecule has 2 atom stereocenters. The molecule has 3 aromatic rings. The Bertz CT molecular complexity index is 1250. The summed E-state index contributed by atoms with van der Waals surface area (Å²) in [5.74, 6) is -2.08. The van der Waals surface area contributed by atoms with E-state index in [0.29, 0.717) is 11.3 Å². The number of para-hydroxylation sites is 1. The van der Waals surface area contributed by atoms with Gasteiger partial charge in [0.1, 0.15) is 17.5 Å². The molecule has 0 aromatic heterocycles. The lowest BCUT2D eigenvalue weighted by molar-refractivity contribution is -0.145. The van der Waals surface area contributed by atoms with Crippen LogP contribution in [0.15, 0.2) is 60.7 Å². The second kappa shape index (κ2) is 10.3. The summed E-state index contributed by atoms with van der Waals surface area (Å²) in [6.07, 6.45) is 0. The van der Waals surface area contributed by atoms with Gasteiger partial charge in [-0.25, -0.2) is 4.39 Å². The Morgan fingerprint density at radius 2 is 1.47 bits per heavy atom. The summed E-state index contributed by atoms with van der Waals surface area (Å²) >= 11 is 0. The van der Waals surface area contributed by atoms with E-state index < -0.39 is 23.7 Å². The highest BCUT2D eigenvalue weighted by Gasteiger charge is 2.44. The average molecular weight is 488 g/mol. The zero-order valence-electron chi connectivity index (χ0n) is 21.8. The molecule has 0 radical (unpaired) electrons. The van der Waals surface area contributed by atoms with Crippen molar-refractivity contribution in [1.29, 1.82) is 0 Å². The first-order chi connectivity index (χ1) is 17.1. The third-order valence-electron chi connectivity index (χ3n) is 6.97. The number of benzene rings is 3. The van der Waals surface area contributed by atoms with Crippen molar-refractivity contribution in [2.24, 2.45) is 5.92 Å². The van der Waals surface area contributed by atoms with Crippen LogP contribution in [-0.2, 0) is 9.59 Å². The van der Waals surface area contributed by atoms with Crippen molar-refractivity contribution in [3.8, 4) is 5.75 Å². The number of nitrogens with one attached hydrogen (secondary N) is 1. The highest BCUT2D eigenvalue weighted by atomic mass is 19.1. The molecule has 1 N–H and O–H groups in total. The molecule has 5 heteroatoms. The average Bonchev–Trinajstić information content (AvgIpc) is 2.83. The molecule has 2 unspecified atom stereocenters. The highest BCUT2D eigenvalue weighted by molar-refractivity contribution is 6.08. The molecule has 0 fully saturated rings. The Balaban J connectivity index is 1.84. The van der Waals surface area contributed by atoms with Crippen LogP contribution >= 0.6 is 0 Å². The zero-order valence-corrected chi connectivity index (χ0v) is 21.8. The van der Waals surface area contributed by atoms with Crippen molar-refractivity contribution < 1.29 is 18.7 Å². The first kappa shape index (κ1) is 25.6. The first-order valence-electron chi connectivity index (χ1n) is 12.6. The van der Waals surface area contributed by atoms with Crippen LogP contribution in [0.2, 0.25) is 0 Å². The van der Waals surface area contributed by atoms with Crippen LogP contribution in [0.25, 0.3) is 0 Å². The Morgan fingerprint density at radius 1 is 0.861 bits per heavy atom.